The van der Waals surface area contributed by atoms with Gasteiger partial charge in [-0.3, -0.25) is 4.79 Å². The maximum Gasteiger partial charge on any atom is 0.287 e. The molecule has 5 nitrogen and oxygen atoms in total. The van der Waals surface area contributed by atoms with Crippen LogP contribution in [0.1, 0.15) is 20.3 Å². The van der Waals surface area contributed by atoms with Crippen molar-refractivity contribution in [3.8, 4) is 0 Å². The van der Waals surface area contributed by atoms with Gasteiger partial charge in [-0.25, -0.2) is 4.68 Å². The highest BCUT2D eigenvalue weighted by Crippen LogP contribution is 2.23. The molecule has 1 aliphatic rings. The molecule has 1 saturated heterocycles. The predicted molar refractivity (Wildman–Crippen MR) is 77.9 cm³/mol. The molecule has 2 heterocycles. The number of anilines is 1. The molecule has 2 atom stereocenters. The highest BCUT2D eigenvalue weighted by atomic mass is 35.5. The van der Waals surface area contributed by atoms with Gasteiger partial charge in [-0.2, -0.15) is 5.10 Å². The Labute approximate surface area is 118 Å². The van der Waals surface area contributed by atoms with Crippen LogP contribution in [-0.4, -0.2) is 40.9 Å². The quantitative estimate of drug-likeness (QED) is 0.917. The summed E-state index contributed by atoms with van der Waals surface area (Å²) in [4.78, 5) is 14.2. The number of rotatable bonds is 3. The summed E-state index contributed by atoms with van der Waals surface area (Å²) >= 11 is 6.13. The average molecular weight is 285 g/mol. The number of hydrogen-bond donors (Lipinski definition) is 1. The van der Waals surface area contributed by atoms with Crippen molar-refractivity contribution in [3.63, 3.8) is 0 Å². The van der Waals surface area contributed by atoms with Crippen LogP contribution in [0.5, 0.6) is 0 Å². The minimum absolute atomic E-state index is 0.227. The van der Waals surface area contributed by atoms with Gasteiger partial charge in [0.2, 0.25) is 0 Å². The molecule has 1 fully saturated rings. The summed E-state index contributed by atoms with van der Waals surface area (Å²) in [6, 6.07) is 0.340. The third-order valence-corrected chi connectivity index (χ3v) is 4.10. The molecule has 1 aliphatic heterocycles. The van der Waals surface area contributed by atoms with Crippen molar-refractivity contribution in [2.75, 3.05) is 25.5 Å². The zero-order chi connectivity index (χ0) is 14.0. The number of piperidine rings is 1. The molecule has 106 valence electrons. The fourth-order valence-electron chi connectivity index (χ4n) is 2.56. The lowest BCUT2D eigenvalue weighted by atomic mass is 9.94. The average Bonchev–Trinajstić information content (AvgIpc) is 2.38. The van der Waals surface area contributed by atoms with Crippen molar-refractivity contribution in [3.05, 3.63) is 21.6 Å². The summed E-state index contributed by atoms with van der Waals surface area (Å²) in [5.74, 6) is 0.517. The Kier molecular flexibility index (Phi) is 4.47. The number of hydrogen-bond acceptors (Lipinski definition) is 4. The van der Waals surface area contributed by atoms with Crippen molar-refractivity contribution < 1.29 is 0 Å². The van der Waals surface area contributed by atoms with E-state index in [2.05, 4.69) is 29.3 Å². The molecule has 0 aromatic carbocycles. The summed E-state index contributed by atoms with van der Waals surface area (Å²) < 4.78 is 1.37. The van der Waals surface area contributed by atoms with Gasteiger partial charge in [-0.1, -0.05) is 18.5 Å². The Bertz CT molecular complexity index is 502. The molecule has 0 spiro atoms. The Morgan fingerprint density at radius 1 is 1.58 bits per heavy atom. The summed E-state index contributed by atoms with van der Waals surface area (Å²) in [6.45, 7) is 6.72. The van der Waals surface area contributed by atoms with Crippen LogP contribution >= 0.6 is 11.6 Å². The second-order valence-corrected chi connectivity index (χ2v) is 5.65. The first-order valence-corrected chi connectivity index (χ1v) is 7.11. The smallest absolute Gasteiger partial charge is 0.287 e. The lowest BCUT2D eigenvalue weighted by Crippen LogP contribution is -2.43. The SMILES string of the molecule is CCn1ncc(NC2CCN(C)CC2C)c(Cl)c1=O. The normalized spacial score (nSPS) is 24.4. The topological polar surface area (TPSA) is 50.2 Å². The van der Waals surface area contributed by atoms with Crippen LogP contribution in [0, 0.1) is 5.92 Å². The van der Waals surface area contributed by atoms with Gasteiger partial charge >= 0.3 is 0 Å². The zero-order valence-electron chi connectivity index (χ0n) is 11.7. The van der Waals surface area contributed by atoms with E-state index in [0.717, 1.165) is 19.5 Å². The fourth-order valence-corrected chi connectivity index (χ4v) is 2.76. The van der Waals surface area contributed by atoms with Crippen LogP contribution in [-0.2, 0) is 6.54 Å². The molecule has 0 amide bonds. The molecule has 1 aromatic rings. The highest BCUT2D eigenvalue weighted by molar-refractivity contribution is 6.32. The maximum atomic E-state index is 11.9. The van der Waals surface area contributed by atoms with Crippen LogP contribution in [0.4, 0.5) is 5.69 Å². The van der Waals surface area contributed by atoms with E-state index < -0.39 is 0 Å². The van der Waals surface area contributed by atoms with Crippen molar-refractivity contribution in [2.24, 2.45) is 5.92 Å². The second kappa shape index (κ2) is 5.92. The Morgan fingerprint density at radius 3 is 2.95 bits per heavy atom. The molecular weight excluding hydrogens is 264 g/mol. The first-order valence-electron chi connectivity index (χ1n) is 6.73. The molecule has 2 unspecified atom stereocenters. The predicted octanol–water partition coefficient (Wildman–Crippen LogP) is 1.67. The Morgan fingerprint density at radius 2 is 2.32 bits per heavy atom. The molecule has 0 saturated carbocycles. The van der Waals surface area contributed by atoms with Crippen LogP contribution in [0.3, 0.4) is 0 Å². The highest BCUT2D eigenvalue weighted by Gasteiger charge is 2.25. The molecular formula is C13H21ClN4O. The molecule has 2 rings (SSSR count). The number of halogens is 1. The summed E-state index contributed by atoms with van der Waals surface area (Å²) in [5, 5.41) is 7.73. The monoisotopic (exact) mass is 284 g/mol. The standard InChI is InChI=1S/C13H21ClN4O/c1-4-18-13(19)12(14)11(7-15-18)16-10-5-6-17(3)8-9(10)2/h7,9-10,16H,4-6,8H2,1-3H3. The van der Waals surface area contributed by atoms with E-state index in [0.29, 0.717) is 24.2 Å². The van der Waals surface area contributed by atoms with E-state index in [4.69, 9.17) is 11.6 Å². The summed E-state index contributed by atoms with van der Waals surface area (Å²) in [6.07, 6.45) is 2.70. The van der Waals surface area contributed by atoms with E-state index in [1.165, 1.54) is 4.68 Å². The van der Waals surface area contributed by atoms with Gasteiger partial charge < -0.3 is 10.2 Å². The van der Waals surface area contributed by atoms with Crippen LogP contribution < -0.4 is 10.9 Å². The number of likely N-dealkylation sites (tertiary alicyclic amines) is 1. The number of nitrogens with one attached hydrogen (secondary N) is 1. The van der Waals surface area contributed by atoms with Crippen LogP contribution in [0.25, 0.3) is 0 Å². The molecule has 19 heavy (non-hydrogen) atoms. The van der Waals surface area contributed by atoms with Gasteiger partial charge in [0.1, 0.15) is 5.02 Å². The number of aromatic nitrogens is 2. The van der Waals surface area contributed by atoms with E-state index in [-0.39, 0.29) is 10.6 Å². The van der Waals surface area contributed by atoms with E-state index in [1.807, 2.05) is 6.92 Å². The third-order valence-electron chi connectivity index (χ3n) is 3.73. The molecule has 6 heteroatoms. The third kappa shape index (κ3) is 3.09. The van der Waals surface area contributed by atoms with Crippen molar-refractivity contribution >= 4 is 17.3 Å². The molecule has 1 aromatic heterocycles. The molecule has 0 aliphatic carbocycles. The molecule has 1 N–H and O–H groups in total. The lowest BCUT2D eigenvalue weighted by Gasteiger charge is -2.35. The van der Waals surface area contributed by atoms with Crippen molar-refractivity contribution in [1.29, 1.82) is 0 Å². The van der Waals surface area contributed by atoms with Gasteiger partial charge in [0.05, 0.1) is 11.9 Å². The minimum Gasteiger partial charge on any atom is -0.379 e. The molecule has 0 radical (unpaired) electrons. The first kappa shape index (κ1) is 14.3. The van der Waals surface area contributed by atoms with Gasteiger partial charge in [0.25, 0.3) is 5.56 Å². The van der Waals surface area contributed by atoms with Crippen molar-refractivity contribution in [2.45, 2.75) is 32.9 Å². The first-order chi connectivity index (χ1) is 9.02. The lowest BCUT2D eigenvalue weighted by molar-refractivity contribution is 0.206. The summed E-state index contributed by atoms with van der Waals surface area (Å²) in [5.41, 5.74) is 0.424. The van der Waals surface area contributed by atoms with Crippen LogP contribution in [0.15, 0.2) is 11.0 Å². The maximum absolute atomic E-state index is 11.9. The molecule has 0 bridgehead atoms. The minimum atomic E-state index is -0.227. The number of nitrogens with zero attached hydrogens (tertiary/aromatic N) is 3. The van der Waals surface area contributed by atoms with Gasteiger partial charge in [-0.15, -0.1) is 0 Å². The Balaban J connectivity index is 2.16. The van der Waals surface area contributed by atoms with Crippen molar-refractivity contribution in [1.82, 2.24) is 14.7 Å². The second-order valence-electron chi connectivity index (χ2n) is 5.27. The zero-order valence-corrected chi connectivity index (χ0v) is 12.4. The van der Waals surface area contributed by atoms with E-state index in [9.17, 15) is 4.79 Å². The Hall–Kier alpha value is -1.07. The fraction of sp³-hybridized carbons (Fsp3) is 0.692. The van der Waals surface area contributed by atoms with Crippen LogP contribution in [0.2, 0.25) is 5.02 Å². The number of aryl methyl sites for hydroxylation is 1. The van der Waals surface area contributed by atoms with E-state index in [1.54, 1.807) is 6.20 Å². The summed E-state index contributed by atoms with van der Waals surface area (Å²) in [7, 11) is 2.13. The largest absolute Gasteiger partial charge is 0.379 e. The van der Waals surface area contributed by atoms with E-state index >= 15 is 0 Å². The van der Waals surface area contributed by atoms with Gasteiger partial charge in [0.15, 0.2) is 0 Å². The van der Waals surface area contributed by atoms with Gasteiger partial charge in [-0.05, 0) is 32.9 Å². The van der Waals surface area contributed by atoms with Gasteiger partial charge in [0, 0.05) is 19.1 Å².